The summed E-state index contributed by atoms with van der Waals surface area (Å²) in [6.07, 6.45) is 9.85. The number of allylic oxidation sites excluding steroid dienone is 4. The van der Waals surface area contributed by atoms with E-state index in [2.05, 4.69) is 50.9 Å². The first-order valence-corrected chi connectivity index (χ1v) is 11.3. The van der Waals surface area contributed by atoms with E-state index in [1.807, 2.05) is 48.6 Å². The van der Waals surface area contributed by atoms with Crippen molar-refractivity contribution in [3.05, 3.63) is 102 Å². The fourth-order valence-corrected chi connectivity index (χ4v) is 3.70. The number of aliphatic hydroxyl groups is 1. The number of aromatic nitrogens is 2. The van der Waals surface area contributed by atoms with Crippen LogP contribution in [0.4, 0.5) is 11.6 Å². The molecule has 0 fully saturated rings. The standard InChI is InChI=1S/C26H27ClN4O/c27-22-12-8-20(9-13-22)24-16-18-29-26(31-24)30-23-14-10-21(11-15-23)25(32)28-17-4-7-19-5-2-1-3-6-19/h1-3,5-6,8-12,14-16,18,22,25,28,32H,4,7,13,17H2,(H,29,30,31). The molecule has 0 saturated carbocycles. The van der Waals surface area contributed by atoms with Gasteiger partial charge in [0.2, 0.25) is 5.95 Å². The van der Waals surface area contributed by atoms with Gasteiger partial charge < -0.3 is 10.4 Å². The molecule has 6 heteroatoms. The zero-order valence-electron chi connectivity index (χ0n) is 17.8. The molecule has 164 valence electrons. The van der Waals surface area contributed by atoms with Gasteiger partial charge in [-0.2, -0.15) is 0 Å². The number of benzene rings is 2. The summed E-state index contributed by atoms with van der Waals surface area (Å²) in [5, 5.41) is 16.9. The molecule has 5 nitrogen and oxygen atoms in total. The summed E-state index contributed by atoms with van der Waals surface area (Å²) in [7, 11) is 0. The molecular formula is C26H27ClN4O. The smallest absolute Gasteiger partial charge is 0.227 e. The molecule has 0 amide bonds. The van der Waals surface area contributed by atoms with Gasteiger partial charge in [-0.25, -0.2) is 9.97 Å². The van der Waals surface area contributed by atoms with E-state index < -0.39 is 6.23 Å². The summed E-state index contributed by atoms with van der Waals surface area (Å²) in [5.41, 5.74) is 4.89. The van der Waals surface area contributed by atoms with Crippen molar-refractivity contribution >= 4 is 28.8 Å². The second-order valence-electron chi connectivity index (χ2n) is 7.73. The van der Waals surface area contributed by atoms with Crippen molar-refractivity contribution in [2.24, 2.45) is 0 Å². The number of hydrogen-bond acceptors (Lipinski definition) is 5. The molecule has 0 radical (unpaired) electrons. The van der Waals surface area contributed by atoms with Crippen molar-refractivity contribution in [3.8, 4) is 0 Å². The number of aryl methyl sites for hydroxylation is 1. The van der Waals surface area contributed by atoms with E-state index in [0.29, 0.717) is 5.95 Å². The van der Waals surface area contributed by atoms with Crippen molar-refractivity contribution in [1.29, 1.82) is 0 Å². The van der Waals surface area contributed by atoms with Crippen LogP contribution in [0.2, 0.25) is 0 Å². The van der Waals surface area contributed by atoms with Crippen molar-refractivity contribution in [2.75, 3.05) is 11.9 Å². The van der Waals surface area contributed by atoms with Gasteiger partial charge in [-0.15, -0.1) is 11.6 Å². The molecule has 3 N–H and O–H groups in total. The molecule has 1 heterocycles. The minimum Gasteiger partial charge on any atom is -0.374 e. The van der Waals surface area contributed by atoms with E-state index in [1.165, 1.54) is 5.56 Å². The topological polar surface area (TPSA) is 70.1 Å². The number of halogens is 1. The summed E-state index contributed by atoms with van der Waals surface area (Å²) in [5.74, 6) is 0.525. The molecule has 2 atom stereocenters. The summed E-state index contributed by atoms with van der Waals surface area (Å²) >= 11 is 6.10. The Bertz CT molecular complexity index is 1070. The van der Waals surface area contributed by atoms with Gasteiger partial charge in [0, 0.05) is 11.9 Å². The molecule has 2 unspecified atom stereocenters. The quantitative estimate of drug-likeness (QED) is 0.234. The van der Waals surface area contributed by atoms with Crippen molar-refractivity contribution in [1.82, 2.24) is 15.3 Å². The van der Waals surface area contributed by atoms with Crippen LogP contribution in [0, 0.1) is 0 Å². The van der Waals surface area contributed by atoms with Crippen LogP contribution in [0.15, 0.2) is 85.1 Å². The van der Waals surface area contributed by atoms with Crippen LogP contribution >= 0.6 is 11.6 Å². The number of rotatable bonds is 9. The first kappa shape index (κ1) is 22.2. The largest absolute Gasteiger partial charge is 0.374 e. The predicted molar refractivity (Wildman–Crippen MR) is 131 cm³/mol. The molecule has 0 saturated heterocycles. The highest BCUT2D eigenvalue weighted by atomic mass is 35.5. The Hall–Kier alpha value is -2.99. The Morgan fingerprint density at radius 3 is 2.62 bits per heavy atom. The molecule has 0 bridgehead atoms. The maximum absolute atomic E-state index is 10.4. The summed E-state index contributed by atoms with van der Waals surface area (Å²) < 4.78 is 0. The van der Waals surface area contributed by atoms with E-state index in [1.54, 1.807) is 6.20 Å². The Balaban J connectivity index is 1.29. The molecule has 0 spiro atoms. The van der Waals surface area contributed by atoms with Crippen molar-refractivity contribution in [3.63, 3.8) is 0 Å². The van der Waals surface area contributed by atoms with Crippen LogP contribution in [-0.4, -0.2) is 27.0 Å². The number of alkyl halides is 1. The zero-order chi connectivity index (χ0) is 22.2. The number of aliphatic hydroxyl groups excluding tert-OH is 1. The summed E-state index contributed by atoms with van der Waals surface area (Å²) in [6.45, 7) is 0.742. The lowest BCUT2D eigenvalue weighted by atomic mass is 10.0. The van der Waals surface area contributed by atoms with Crippen LogP contribution in [0.1, 0.15) is 35.9 Å². The van der Waals surface area contributed by atoms with Crippen LogP contribution in [-0.2, 0) is 6.42 Å². The van der Waals surface area contributed by atoms with Gasteiger partial charge in [0.25, 0.3) is 0 Å². The first-order valence-electron chi connectivity index (χ1n) is 10.9. The second-order valence-corrected chi connectivity index (χ2v) is 8.29. The fraction of sp³-hybridized carbons (Fsp3) is 0.231. The molecule has 1 aliphatic carbocycles. The Kier molecular flexibility index (Phi) is 7.67. The SMILES string of the molecule is OC(NCCCc1ccccc1)c1ccc(Nc2nccc(C3=CCC(Cl)C=C3)n2)cc1. The molecule has 1 aromatic heterocycles. The molecule has 3 aromatic rings. The number of hydrogen-bond donors (Lipinski definition) is 3. The van der Waals surface area contributed by atoms with Crippen molar-refractivity contribution in [2.45, 2.75) is 30.9 Å². The lowest BCUT2D eigenvalue weighted by Crippen LogP contribution is -2.22. The Morgan fingerprint density at radius 1 is 1.06 bits per heavy atom. The van der Waals surface area contributed by atoms with E-state index in [0.717, 1.165) is 48.3 Å². The molecule has 32 heavy (non-hydrogen) atoms. The van der Waals surface area contributed by atoms with Crippen LogP contribution in [0.25, 0.3) is 5.57 Å². The van der Waals surface area contributed by atoms with Crippen molar-refractivity contribution < 1.29 is 5.11 Å². The molecule has 0 aliphatic heterocycles. The Morgan fingerprint density at radius 2 is 1.88 bits per heavy atom. The van der Waals surface area contributed by atoms with Crippen LogP contribution in [0.3, 0.4) is 0 Å². The first-order chi connectivity index (χ1) is 15.7. The monoisotopic (exact) mass is 446 g/mol. The van der Waals surface area contributed by atoms with Gasteiger partial charge >= 0.3 is 0 Å². The highest BCUT2D eigenvalue weighted by molar-refractivity contribution is 6.22. The van der Waals surface area contributed by atoms with E-state index in [9.17, 15) is 5.11 Å². The maximum atomic E-state index is 10.4. The van der Waals surface area contributed by atoms with Gasteiger partial charge in [-0.05, 0) is 60.7 Å². The third-order valence-corrected chi connectivity index (χ3v) is 5.63. The number of nitrogens with one attached hydrogen (secondary N) is 2. The van der Waals surface area contributed by atoms with Crippen LogP contribution < -0.4 is 10.6 Å². The molecule has 1 aliphatic rings. The predicted octanol–water partition coefficient (Wildman–Crippen LogP) is 5.38. The molecule has 4 rings (SSSR count). The number of anilines is 2. The normalized spacial score (nSPS) is 16.4. The zero-order valence-corrected chi connectivity index (χ0v) is 18.5. The highest BCUT2D eigenvalue weighted by Crippen LogP contribution is 2.23. The lowest BCUT2D eigenvalue weighted by Gasteiger charge is -2.14. The van der Waals surface area contributed by atoms with E-state index in [4.69, 9.17) is 11.6 Å². The average molecular weight is 447 g/mol. The number of nitrogens with zero attached hydrogens (tertiary/aromatic N) is 2. The third kappa shape index (κ3) is 6.26. The highest BCUT2D eigenvalue weighted by Gasteiger charge is 2.10. The van der Waals surface area contributed by atoms with Gasteiger partial charge in [-0.1, -0.05) is 60.7 Å². The van der Waals surface area contributed by atoms with Gasteiger partial charge in [0.1, 0.15) is 6.23 Å². The minimum absolute atomic E-state index is 0.0467. The summed E-state index contributed by atoms with van der Waals surface area (Å²) in [4.78, 5) is 8.92. The Labute approximate surface area is 193 Å². The lowest BCUT2D eigenvalue weighted by molar-refractivity contribution is 0.139. The second kappa shape index (κ2) is 11.0. The van der Waals surface area contributed by atoms with Gasteiger partial charge in [0.05, 0.1) is 11.1 Å². The minimum atomic E-state index is -0.699. The van der Waals surface area contributed by atoms with Crippen LogP contribution in [0.5, 0.6) is 0 Å². The van der Waals surface area contributed by atoms with Gasteiger partial charge in [0.15, 0.2) is 0 Å². The molecule has 2 aromatic carbocycles. The van der Waals surface area contributed by atoms with E-state index >= 15 is 0 Å². The maximum Gasteiger partial charge on any atom is 0.227 e. The average Bonchev–Trinajstić information content (AvgIpc) is 2.83. The van der Waals surface area contributed by atoms with E-state index in [-0.39, 0.29) is 5.38 Å². The van der Waals surface area contributed by atoms with Gasteiger partial charge in [-0.3, -0.25) is 5.32 Å². The molecular weight excluding hydrogens is 420 g/mol. The fourth-order valence-electron chi connectivity index (χ4n) is 3.54. The summed E-state index contributed by atoms with van der Waals surface area (Å²) in [6, 6.07) is 19.9. The third-order valence-electron chi connectivity index (χ3n) is 5.30.